The monoisotopic (exact) mass is 508 g/mol. The molecule has 0 heterocycles. The fourth-order valence-electron chi connectivity index (χ4n) is 3.96. The number of aliphatic carboxylic acids is 1. The van der Waals surface area contributed by atoms with Gasteiger partial charge < -0.3 is 10.4 Å². The Morgan fingerprint density at radius 3 is 2.36 bits per heavy atom. The van der Waals surface area contributed by atoms with Crippen molar-refractivity contribution in [2.45, 2.75) is 68.2 Å². The lowest BCUT2D eigenvalue weighted by Gasteiger charge is -2.34. The predicted octanol–water partition coefficient (Wildman–Crippen LogP) is 6.72. The van der Waals surface area contributed by atoms with Crippen LogP contribution in [0.2, 0.25) is 10.0 Å². The Balaban J connectivity index is 1.69. The number of carbonyl (C=O) groups excluding carboxylic acids is 1. The second kappa shape index (κ2) is 11.6. The second-order valence-corrected chi connectivity index (χ2v) is 11.5. The van der Waals surface area contributed by atoms with Crippen LogP contribution in [0.4, 0.5) is 5.69 Å². The molecule has 5 nitrogen and oxygen atoms in total. The Morgan fingerprint density at radius 2 is 1.76 bits per heavy atom. The van der Waals surface area contributed by atoms with Gasteiger partial charge in [0.2, 0.25) is 5.91 Å². The third-order valence-electron chi connectivity index (χ3n) is 5.84. The molecule has 0 atom stereocenters. The molecule has 3 rings (SSSR count). The SMILES string of the molecule is CC(C)(Sc1ccc(CN(CC(=O)Nc2ccc(Cl)cc2Cl)C2CCCCC2)cc1)C(=O)O. The number of carbonyl (C=O) groups is 2. The summed E-state index contributed by atoms with van der Waals surface area (Å²) in [5.74, 6) is -0.952. The summed E-state index contributed by atoms with van der Waals surface area (Å²) in [5, 5.41) is 13.2. The largest absolute Gasteiger partial charge is 0.480 e. The molecular formula is C25H30Cl2N2O3S. The lowest BCUT2D eigenvalue weighted by molar-refractivity contribution is -0.138. The van der Waals surface area contributed by atoms with Gasteiger partial charge in [-0.2, -0.15) is 0 Å². The van der Waals surface area contributed by atoms with E-state index in [-0.39, 0.29) is 12.5 Å². The zero-order chi connectivity index (χ0) is 24.0. The Morgan fingerprint density at radius 1 is 1.09 bits per heavy atom. The van der Waals surface area contributed by atoms with Gasteiger partial charge in [0.1, 0.15) is 4.75 Å². The van der Waals surface area contributed by atoms with Gasteiger partial charge in [-0.1, -0.05) is 54.6 Å². The van der Waals surface area contributed by atoms with E-state index in [1.807, 2.05) is 24.3 Å². The molecule has 0 unspecified atom stereocenters. The average Bonchev–Trinajstić information content (AvgIpc) is 2.77. The molecule has 0 bridgehead atoms. The van der Waals surface area contributed by atoms with Crippen molar-refractivity contribution >= 4 is 52.5 Å². The number of carboxylic acid groups (broad SMARTS) is 1. The molecule has 0 spiro atoms. The fourth-order valence-corrected chi connectivity index (χ4v) is 5.37. The van der Waals surface area contributed by atoms with Crippen molar-refractivity contribution < 1.29 is 14.7 Å². The Bertz CT molecular complexity index is 976. The van der Waals surface area contributed by atoms with Crippen LogP contribution in [0.25, 0.3) is 0 Å². The van der Waals surface area contributed by atoms with Crippen molar-refractivity contribution in [1.82, 2.24) is 4.90 Å². The lowest BCUT2D eigenvalue weighted by Crippen LogP contribution is -2.41. The molecular weight excluding hydrogens is 479 g/mol. The minimum absolute atomic E-state index is 0.111. The maximum atomic E-state index is 12.9. The summed E-state index contributed by atoms with van der Waals surface area (Å²) in [6.07, 6.45) is 5.74. The van der Waals surface area contributed by atoms with E-state index in [4.69, 9.17) is 23.2 Å². The number of hydrogen-bond donors (Lipinski definition) is 2. The number of nitrogens with one attached hydrogen (secondary N) is 1. The smallest absolute Gasteiger partial charge is 0.319 e. The van der Waals surface area contributed by atoms with E-state index < -0.39 is 10.7 Å². The molecule has 2 N–H and O–H groups in total. The lowest BCUT2D eigenvalue weighted by atomic mass is 9.93. The van der Waals surface area contributed by atoms with Crippen LogP contribution >= 0.6 is 35.0 Å². The van der Waals surface area contributed by atoms with Gasteiger partial charge in [0.05, 0.1) is 17.3 Å². The maximum absolute atomic E-state index is 12.9. The molecule has 0 saturated heterocycles. The highest BCUT2D eigenvalue weighted by Gasteiger charge is 2.28. The topological polar surface area (TPSA) is 69.6 Å². The van der Waals surface area contributed by atoms with Crippen LogP contribution in [-0.2, 0) is 16.1 Å². The van der Waals surface area contributed by atoms with Crippen molar-refractivity contribution in [1.29, 1.82) is 0 Å². The number of carboxylic acids is 1. The minimum Gasteiger partial charge on any atom is -0.480 e. The molecule has 0 aromatic heterocycles. The van der Waals surface area contributed by atoms with Gasteiger partial charge in [-0.05, 0) is 62.6 Å². The van der Waals surface area contributed by atoms with Gasteiger partial charge in [-0.15, -0.1) is 11.8 Å². The Kier molecular flexibility index (Phi) is 9.10. The number of anilines is 1. The normalized spacial score (nSPS) is 14.9. The van der Waals surface area contributed by atoms with Gasteiger partial charge in [0.25, 0.3) is 0 Å². The highest BCUT2D eigenvalue weighted by atomic mass is 35.5. The molecule has 1 aliphatic rings. The highest BCUT2D eigenvalue weighted by Crippen LogP contribution is 2.33. The summed E-state index contributed by atoms with van der Waals surface area (Å²) in [5.41, 5.74) is 1.65. The van der Waals surface area contributed by atoms with E-state index in [1.165, 1.54) is 31.0 Å². The first-order valence-corrected chi connectivity index (χ1v) is 12.7. The third kappa shape index (κ3) is 7.64. The van der Waals surface area contributed by atoms with Crippen LogP contribution in [-0.4, -0.2) is 39.2 Å². The molecule has 2 aromatic rings. The van der Waals surface area contributed by atoms with Crippen LogP contribution in [0.5, 0.6) is 0 Å². The van der Waals surface area contributed by atoms with Gasteiger partial charge in [-0.3, -0.25) is 14.5 Å². The van der Waals surface area contributed by atoms with Gasteiger partial charge in [0.15, 0.2) is 0 Å². The van der Waals surface area contributed by atoms with Crippen LogP contribution in [0.15, 0.2) is 47.4 Å². The van der Waals surface area contributed by atoms with E-state index >= 15 is 0 Å². The number of benzene rings is 2. The van der Waals surface area contributed by atoms with Crippen LogP contribution in [0.3, 0.4) is 0 Å². The summed E-state index contributed by atoms with van der Waals surface area (Å²) in [6.45, 7) is 4.32. The summed E-state index contributed by atoms with van der Waals surface area (Å²) >= 11 is 13.5. The number of thioether (sulfide) groups is 1. The Hall–Kier alpha value is -1.73. The van der Waals surface area contributed by atoms with Gasteiger partial charge >= 0.3 is 5.97 Å². The molecule has 0 aliphatic heterocycles. The molecule has 33 heavy (non-hydrogen) atoms. The number of amides is 1. The fraction of sp³-hybridized carbons (Fsp3) is 0.440. The summed E-state index contributed by atoms with van der Waals surface area (Å²) < 4.78 is -0.892. The molecule has 1 amide bonds. The average molecular weight is 509 g/mol. The van der Waals surface area contributed by atoms with E-state index in [0.717, 1.165) is 23.3 Å². The first kappa shape index (κ1) is 25.9. The number of nitrogens with zero attached hydrogens (tertiary/aromatic N) is 1. The first-order valence-electron chi connectivity index (χ1n) is 11.1. The van der Waals surface area contributed by atoms with E-state index in [9.17, 15) is 14.7 Å². The summed E-state index contributed by atoms with van der Waals surface area (Å²) in [6, 6.07) is 13.3. The quantitative estimate of drug-likeness (QED) is 0.367. The summed E-state index contributed by atoms with van der Waals surface area (Å²) in [4.78, 5) is 27.4. The predicted molar refractivity (Wildman–Crippen MR) is 136 cm³/mol. The van der Waals surface area contributed by atoms with Crippen LogP contribution in [0.1, 0.15) is 51.5 Å². The van der Waals surface area contributed by atoms with E-state index in [1.54, 1.807) is 32.0 Å². The highest BCUT2D eigenvalue weighted by molar-refractivity contribution is 8.01. The minimum atomic E-state index is -0.892. The van der Waals surface area contributed by atoms with Crippen LogP contribution in [0, 0.1) is 0 Å². The number of halogens is 2. The molecule has 8 heteroatoms. The molecule has 2 aromatic carbocycles. The van der Waals surface area contributed by atoms with Crippen molar-refractivity contribution in [2.24, 2.45) is 0 Å². The zero-order valence-electron chi connectivity index (χ0n) is 18.9. The van der Waals surface area contributed by atoms with Crippen LogP contribution < -0.4 is 5.32 Å². The zero-order valence-corrected chi connectivity index (χ0v) is 21.3. The standard InChI is InChI=1S/C25H30Cl2N2O3S/c1-25(2,24(31)32)33-20-11-8-17(9-12-20)15-29(19-6-4-3-5-7-19)16-23(30)28-22-13-10-18(26)14-21(22)27/h8-14,19H,3-7,15-16H2,1-2H3,(H,28,30)(H,31,32). The van der Waals surface area contributed by atoms with Crippen molar-refractivity contribution in [3.63, 3.8) is 0 Å². The van der Waals surface area contributed by atoms with Crippen molar-refractivity contribution in [2.75, 3.05) is 11.9 Å². The van der Waals surface area contributed by atoms with Gasteiger partial charge in [-0.25, -0.2) is 0 Å². The first-order chi connectivity index (χ1) is 15.6. The maximum Gasteiger partial charge on any atom is 0.319 e. The molecule has 0 radical (unpaired) electrons. The summed E-state index contributed by atoms with van der Waals surface area (Å²) in [7, 11) is 0. The number of rotatable bonds is 9. The molecule has 178 valence electrons. The number of hydrogen-bond acceptors (Lipinski definition) is 4. The molecule has 1 aliphatic carbocycles. The van der Waals surface area contributed by atoms with E-state index in [0.29, 0.717) is 28.3 Å². The van der Waals surface area contributed by atoms with Crippen molar-refractivity contribution in [3.05, 3.63) is 58.1 Å². The Labute approximate surface area is 209 Å². The molecule has 1 fully saturated rings. The van der Waals surface area contributed by atoms with Crippen molar-refractivity contribution in [3.8, 4) is 0 Å². The molecule has 1 saturated carbocycles. The third-order valence-corrected chi connectivity index (χ3v) is 7.58. The van der Waals surface area contributed by atoms with E-state index in [2.05, 4.69) is 10.2 Å². The second-order valence-electron chi connectivity index (χ2n) is 8.93. The van der Waals surface area contributed by atoms with Gasteiger partial charge in [0, 0.05) is 22.5 Å².